The Bertz CT molecular complexity index is 230. The summed E-state index contributed by atoms with van der Waals surface area (Å²) in [6.45, 7) is 2.89. The number of carbonyl (C=O) groups excluding carboxylic acids is 1. The Hall–Kier alpha value is -1.26. The molecule has 5 heteroatoms. The zero-order valence-corrected chi connectivity index (χ0v) is 8.32. The van der Waals surface area contributed by atoms with Gasteiger partial charge in [-0.1, -0.05) is 0 Å². The first kappa shape index (κ1) is 10.8. The number of piperidine rings is 1. The van der Waals surface area contributed by atoms with Gasteiger partial charge in [0.1, 0.15) is 6.04 Å². The van der Waals surface area contributed by atoms with Crippen LogP contribution in [0, 0.1) is 0 Å². The monoisotopic (exact) mass is 200 g/mol. The van der Waals surface area contributed by atoms with Crippen LogP contribution in [0.1, 0.15) is 26.2 Å². The number of hydrogen-bond acceptors (Lipinski definition) is 2. The fourth-order valence-electron chi connectivity index (χ4n) is 1.68. The van der Waals surface area contributed by atoms with E-state index >= 15 is 0 Å². The number of carboxylic acids is 1. The molecule has 14 heavy (non-hydrogen) atoms. The van der Waals surface area contributed by atoms with Crippen molar-refractivity contribution >= 4 is 12.0 Å². The third-order valence-electron chi connectivity index (χ3n) is 2.38. The van der Waals surface area contributed by atoms with E-state index in [1.165, 1.54) is 4.90 Å². The first-order valence-corrected chi connectivity index (χ1v) is 4.94. The van der Waals surface area contributed by atoms with E-state index in [0.29, 0.717) is 19.5 Å². The molecule has 1 fully saturated rings. The van der Waals surface area contributed by atoms with Gasteiger partial charge in [-0.25, -0.2) is 9.59 Å². The standard InChI is InChI=1S/C9H16N2O3/c1-2-10-9(14)11-6-4-3-5-7(11)8(12)13/h7H,2-6H2,1H3,(H,10,14)(H,12,13). The van der Waals surface area contributed by atoms with Crippen LogP contribution in [0.4, 0.5) is 4.79 Å². The second kappa shape index (κ2) is 4.83. The van der Waals surface area contributed by atoms with Crippen molar-refractivity contribution in [2.75, 3.05) is 13.1 Å². The van der Waals surface area contributed by atoms with Crippen LogP contribution in [0.25, 0.3) is 0 Å². The Balaban J connectivity index is 2.62. The highest BCUT2D eigenvalue weighted by Crippen LogP contribution is 2.16. The molecule has 1 aliphatic heterocycles. The number of aliphatic carboxylic acids is 1. The highest BCUT2D eigenvalue weighted by molar-refractivity contribution is 5.82. The van der Waals surface area contributed by atoms with Crippen molar-refractivity contribution < 1.29 is 14.7 Å². The topological polar surface area (TPSA) is 69.6 Å². The fraction of sp³-hybridized carbons (Fsp3) is 0.778. The molecule has 1 atom stereocenters. The number of rotatable bonds is 2. The SMILES string of the molecule is CCNC(=O)N1CCCCC1C(=O)O. The number of hydrogen-bond donors (Lipinski definition) is 2. The van der Waals surface area contributed by atoms with E-state index in [1.54, 1.807) is 0 Å². The number of urea groups is 1. The highest BCUT2D eigenvalue weighted by atomic mass is 16.4. The third kappa shape index (κ3) is 2.37. The smallest absolute Gasteiger partial charge is 0.326 e. The van der Waals surface area contributed by atoms with Gasteiger partial charge in [-0.05, 0) is 26.2 Å². The summed E-state index contributed by atoms with van der Waals surface area (Å²) in [6, 6.07) is -0.908. The Labute approximate surface area is 83.1 Å². The Morgan fingerprint density at radius 2 is 2.21 bits per heavy atom. The summed E-state index contributed by atoms with van der Waals surface area (Å²) in [6.07, 6.45) is 2.33. The van der Waals surface area contributed by atoms with Crippen LogP contribution in [0.5, 0.6) is 0 Å². The zero-order valence-electron chi connectivity index (χ0n) is 8.32. The average Bonchev–Trinajstić information content (AvgIpc) is 2.18. The maximum atomic E-state index is 11.5. The molecule has 0 aliphatic carbocycles. The molecule has 2 amide bonds. The van der Waals surface area contributed by atoms with E-state index in [2.05, 4.69) is 5.32 Å². The second-order valence-corrected chi connectivity index (χ2v) is 3.38. The molecule has 1 aliphatic rings. The highest BCUT2D eigenvalue weighted by Gasteiger charge is 2.31. The van der Waals surface area contributed by atoms with Gasteiger partial charge in [0.25, 0.3) is 0 Å². The molecule has 0 spiro atoms. The minimum absolute atomic E-state index is 0.264. The lowest BCUT2D eigenvalue weighted by atomic mass is 10.0. The summed E-state index contributed by atoms with van der Waals surface area (Å²) >= 11 is 0. The first-order valence-electron chi connectivity index (χ1n) is 4.94. The van der Waals surface area contributed by atoms with Gasteiger partial charge in [-0.2, -0.15) is 0 Å². The largest absolute Gasteiger partial charge is 0.480 e. The van der Waals surface area contributed by atoms with Crippen LogP contribution >= 0.6 is 0 Å². The summed E-state index contributed by atoms with van der Waals surface area (Å²) in [4.78, 5) is 23.7. The number of nitrogens with zero attached hydrogens (tertiary/aromatic N) is 1. The number of carboxylic acid groups (broad SMARTS) is 1. The lowest BCUT2D eigenvalue weighted by molar-refractivity contribution is -0.143. The predicted octanol–water partition coefficient (Wildman–Crippen LogP) is 0.655. The molecule has 0 aromatic carbocycles. The van der Waals surface area contributed by atoms with Gasteiger partial charge in [-0.3, -0.25) is 0 Å². The maximum Gasteiger partial charge on any atom is 0.326 e. The molecule has 0 aromatic heterocycles. The molecule has 2 N–H and O–H groups in total. The van der Waals surface area contributed by atoms with Crippen molar-refractivity contribution in [3.63, 3.8) is 0 Å². The number of carbonyl (C=O) groups is 2. The minimum atomic E-state index is -0.907. The molecular formula is C9H16N2O3. The van der Waals surface area contributed by atoms with E-state index in [9.17, 15) is 9.59 Å². The summed E-state index contributed by atoms with van der Waals surface area (Å²) in [7, 11) is 0. The average molecular weight is 200 g/mol. The van der Waals surface area contributed by atoms with Crippen molar-refractivity contribution in [2.24, 2.45) is 0 Å². The van der Waals surface area contributed by atoms with Gasteiger partial charge < -0.3 is 15.3 Å². The Morgan fingerprint density at radius 3 is 2.79 bits per heavy atom. The van der Waals surface area contributed by atoms with Crippen molar-refractivity contribution in [2.45, 2.75) is 32.2 Å². The summed E-state index contributed by atoms with van der Waals surface area (Å²) in [5.41, 5.74) is 0. The quantitative estimate of drug-likeness (QED) is 0.687. The van der Waals surface area contributed by atoms with Gasteiger partial charge in [0.2, 0.25) is 0 Å². The van der Waals surface area contributed by atoms with Crippen molar-refractivity contribution in [1.82, 2.24) is 10.2 Å². The lowest BCUT2D eigenvalue weighted by Gasteiger charge is -2.32. The zero-order chi connectivity index (χ0) is 10.6. The fourth-order valence-corrected chi connectivity index (χ4v) is 1.68. The van der Waals surface area contributed by atoms with Crippen LogP contribution in [-0.2, 0) is 4.79 Å². The minimum Gasteiger partial charge on any atom is -0.480 e. The molecule has 0 saturated carbocycles. The van der Waals surface area contributed by atoms with Crippen LogP contribution < -0.4 is 5.32 Å². The maximum absolute atomic E-state index is 11.5. The number of likely N-dealkylation sites (tertiary alicyclic amines) is 1. The Morgan fingerprint density at radius 1 is 1.50 bits per heavy atom. The van der Waals surface area contributed by atoms with Crippen molar-refractivity contribution in [3.05, 3.63) is 0 Å². The van der Waals surface area contributed by atoms with Crippen molar-refractivity contribution in [1.29, 1.82) is 0 Å². The second-order valence-electron chi connectivity index (χ2n) is 3.38. The van der Waals surface area contributed by atoms with Crippen molar-refractivity contribution in [3.8, 4) is 0 Å². The molecule has 1 rings (SSSR count). The first-order chi connectivity index (χ1) is 6.66. The lowest BCUT2D eigenvalue weighted by Crippen LogP contribution is -2.51. The van der Waals surface area contributed by atoms with Gasteiger partial charge >= 0.3 is 12.0 Å². The summed E-state index contributed by atoms with van der Waals surface area (Å²) in [5.74, 6) is -0.907. The van der Waals surface area contributed by atoms with E-state index in [0.717, 1.165) is 12.8 Å². The van der Waals surface area contributed by atoms with Gasteiger partial charge in [0, 0.05) is 13.1 Å². The molecule has 5 nitrogen and oxygen atoms in total. The van der Waals surface area contributed by atoms with Crippen LogP contribution in [0.2, 0.25) is 0 Å². The van der Waals surface area contributed by atoms with Crippen LogP contribution in [0.3, 0.4) is 0 Å². The third-order valence-corrected chi connectivity index (χ3v) is 2.38. The van der Waals surface area contributed by atoms with Gasteiger partial charge in [0.15, 0.2) is 0 Å². The molecule has 1 saturated heterocycles. The predicted molar refractivity (Wildman–Crippen MR) is 51.1 cm³/mol. The molecular weight excluding hydrogens is 184 g/mol. The van der Waals surface area contributed by atoms with Crippen LogP contribution in [-0.4, -0.2) is 41.1 Å². The van der Waals surface area contributed by atoms with Gasteiger partial charge in [-0.15, -0.1) is 0 Å². The molecule has 0 radical (unpaired) electrons. The molecule has 0 bridgehead atoms. The van der Waals surface area contributed by atoms with E-state index in [4.69, 9.17) is 5.11 Å². The number of amides is 2. The van der Waals surface area contributed by atoms with E-state index in [-0.39, 0.29) is 6.03 Å². The van der Waals surface area contributed by atoms with Gasteiger partial charge in [0.05, 0.1) is 0 Å². The summed E-state index contributed by atoms with van der Waals surface area (Å²) in [5, 5.41) is 11.5. The van der Waals surface area contributed by atoms with E-state index < -0.39 is 12.0 Å². The Kier molecular flexibility index (Phi) is 3.73. The molecule has 1 unspecified atom stereocenters. The van der Waals surface area contributed by atoms with Crippen LogP contribution in [0.15, 0.2) is 0 Å². The normalized spacial score (nSPS) is 21.8. The summed E-state index contributed by atoms with van der Waals surface area (Å²) < 4.78 is 0. The number of nitrogens with one attached hydrogen (secondary N) is 1. The molecule has 80 valence electrons. The molecule has 0 aromatic rings. The molecule has 1 heterocycles. The van der Waals surface area contributed by atoms with E-state index in [1.807, 2.05) is 6.92 Å².